The van der Waals surface area contributed by atoms with Gasteiger partial charge in [-0.05, 0) is 13.0 Å². The van der Waals surface area contributed by atoms with Gasteiger partial charge < -0.3 is 5.73 Å². The van der Waals surface area contributed by atoms with Crippen molar-refractivity contribution < 1.29 is 8.42 Å². The highest BCUT2D eigenvalue weighted by Gasteiger charge is 2.15. The van der Waals surface area contributed by atoms with E-state index in [2.05, 4.69) is 14.8 Å². The summed E-state index contributed by atoms with van der Waals surface area (Å²) in [4.78, 5) is 3.86. The topological polar surface area (TPSA) is 103 Å². The summed E-state index contributed by atoms with van der Waals surface area (Å²) in [5.41, 5.74) is 7.09. The molecule has 0 aliphatic heterocycles. The molecule has 0 aliphatic carbocycles. The van der Waals surface area contributed by atoms with Gasteiger partial charge in [0.2, 0.25) is 10.0 Å². The van der Waals surface area contributed by atoms with E-state index >= 15 is 0 Å². The zero-order valence-electron chi connectivity index (χ0n) is 10.7. The van der Waals surface area contributed by atoms with Crippen LogP contribution in [0.1, 0.15) is 11.3 Å². The number of nitrogens with one attached hydrogen (secondary N) is 1. The second-order valence-electron chi connectivity index (χ2n) is 4.15. The van der Waals surface area contributed by atoms with Crippen LogP contribution < -0.4 is 10.5 Å². The highest BCUT2D eigenvalue weighted by Crippen LogP contribution is 2.12. The first-order valence-electron chi connectivity index (χ1n) is 5.59. The van der Waals surface area contributed by atoms with Crippen molar-refractivity contribution in [2.24, 2.45) is 7.05 Å². The number of pyridine rings is 1. The van der Waals surface area contributed by atoms with Crippen molar-refractivity contribution in [3.63, 3.8) is 0 Å². The highest BCUT2D eigenvalue weighted by molar-refractivity contribution is 7.89. The fraction of sp³-hybridized carbons (Fsp3) is 0.273. The molecule has 2 aromatic rings. The number of sulfonamides is 1. The molecule has 7 nitrogen and oxygen atoms in total. The Morgan fingerprint density at radius 2 is 2.21 bits per heavy atom. The third-order valence-electron chi connectivity index (χ3n) is 2.63. The lowest BCUT2D eigenvalue weighted by Gasteiger charge is -2.06. The van der Waals surface area contributed by atoms with Crippen molar-refractivity contribution >= 4 is 15.8 Å². The molecule has 0 fully saturated rings. The summed E-state index contributed by atoms with van der Waals surface area (Å²) in [6.45, 7) is 2.01. The number of aryl methyl sites for hydroxylation is 2. The molecule has 0 aromatic carbocycles. The summed E-state index contributed by atoms with van der Waals surface area (Å²) >= 11 is 0. The quantitative estimate of drug-likeness (QED) is 0.832. The van der Waals surface area contributed by atoms with Crippen LogP contribution in [0, 0.1) is 6.92 Å². The van der Waals surface area contributed by atoms with Gasteiger partial charge in [-0.3, -0.25) is 4.68 Å². The Morgan fingerprint density at radius 1 is 1.47 bits per heavy atom. The monoisotopic (exact) mass is 281 g/mol. The number of aromatic nitrogens is 3. The van der Waals surface area contributed by atoms with Crippen LogP contribution in [0.15, 0.2) is 29.4 Å². The number of hydrogen-bond acceptors (Lipinski definition) is 5. The standard InChI is InChI=1S/C11H15N5O2S/c1-8-9(7-16(2)15-8)6-14-19(17,18)10-3-4-13-11(12)5-10/h3-5,7,14H,6H2,1-2H3,(H2,12,13). The first-order valence-corrected chi connectivity index (χ1v) is 7.07. The molecule has 0 atom stereocenters. The highest BCUT2D eigenvalue weighted by atomic mass is 32.2. The molecule has 8 heteroatoms. The van der Waals surface area contributed by atoms with Gasteiger partial charge in [0.25, 0.3) is 0 Å². The second kappa shape index (κ2) is 4.98. The second-order valence-corrected chi connectivity index (χ2v) is 5.92. The summed E-state index contributed by atoms with van der Waals surface area (Å²) < 4.78 is 28.3. The zero-order valence-corrected chi connectivity index (χ0v) is 11.5. The van der Waals surface area contributed by atoms with Gasteiger partial charge in [-0.15, -0.1) is 0 Å². The third kappa shape index (κ3) is 3.09. The minimum absolute atomic E-state index is 0.0987. The molecule has 0 bridgehead atoms. The number of nitrogens with two attached hydrogens (primary N) is 1. The fourth-order valence-electron chi connectivity index (χ4n) is 1.67. The maximum Gasteiger partial charge on any atom is 0.241 e. The van der Waals surface area contributed by atoms with Crippen molar-refractivity contribution in [2.75, 3.05) is 5.73 Å². The molecule has 19 heavy (non-hydrogen) atoms. The van der Waals surface area contributed by atoms with Gasteiger partial charge in [-0.1, -0.05) is 0 Å². The Balaban J connectivity index is 2.16. The van der Waals surface area contributed by atoms with Gasteiger partial charge in [0.1, 0.15) is 5.82 Å². The largest absolute Gasteiger partial charge is 0.384 e. The zero-order chi connectivity index (χ0) is 14.0. The molecule has 0 saturated carbocycles. The van der Waals surface area contributed by atoms with Crippen LogP contribution >= 0.6 is 0 Å². The van der Waals surface area contributed by atoms with E-state index in [4.69, 9.17) is 5.73 Å². The molecule has 0 saturated heterocycles. The van der Waals surface area contributed by atoms with E-state index in [1.54, 1.807) is 17.9 Å². The number of nitrogen functional groups attached to an aromatic ring is 1. The summed E-state index contributed by atoms with van der Waals surface area (Å²) in [6.07, 6.45) is 3.14. The van der Waals surface area contributed by atoms with E-state index in [1.165, 1.54) is 18.3 Å². The molecule has 0 radical (unpaired) electrons. The minimum atomic E-state index is -3.60. The molecule has 2 rings (SSSR count). The average molecular weight is 281 g/mol. The van der Waals surface area contributed by atoms with Gasteiger partial charge in [0.05, 0.1) is 10.6 Å². The maximum absolute atomic E-state index is 12.1. The van der Waals surface area contributed by atoms with Crippen molar-refractivity contribution in [3.8, 4) is 0 Å². The van der Waals surface area contributed by atoms with Crippen LogP contribution in [0.2, 0.25) is 0 Å². The van der Waals surface area contributed by atoms with Crippen LogP contribution in [0.25, 0.3) is 0 Å². The van der Waals surface area contributed by atoms with E-state index in [0.717, 1.165) is 11.3 Å². The Morgan fingerprint density at radius 3 is 2.79 bits per heavy atom. The van der Waals surface area contributed by atoms with Crippen LogP contribution in [0.4, 0.5) is 5.82 Å². The normalized spacial score (nSPS) is 11.7. The van der Waals surface area contributed by atoms with Crippen LogP contribution in [-0.4, -0.2) is 23.2 Å². The summed E-state index contributed by atoms with van der Waals surface area (Å²) in [5, 5.41) is 4.15. The summed E-state index contributed by atoms with van der Waals surface area (Å²) in [5.74, 6) is 0.167. The van der Waals surface area contributed by atoms with E-state index in [0.29, 0.717) is 0 Å². The SMILES string of the molecule is Cc1nn(C)cc1CNS(=O)(=O)c1ccnc(N)c1. The van der Waals surface area contributed by atoms with Crippen LogP contribution in [0.3, 0.4) is 0 Å². The van der Waals surface area contributed by atoms with Crippen LogP contribution in [-0.2, 0) is 23.6 Å². The average Bonchev–Trinajstić information content (AvgIpc) is 2.65. The third-order valence-corrected chi connectivity index (χ3v) is 4.03. The Bertz CT molecular complexity index is 693. The van der Waals surface area contributed by atoms with Crippen molar-refractivity contribution in [3.05, 3.63) is 35.8 Å². The van der Waals surface area contributed by atoms with Crippen molar-refractivity contribution in [2.45, 2.75) is 18.4 Å². The van der Waals surface area contributed by atoms with Gasteiger partial charge in [-0.2, -0.15) is 5.10 Å². The number of hydrogen-bond donors (Lipinski definition) is 2. The van der Waals surface area contributed by atoms with Crippen molar-refractivity contribution in [1.29, 1.82) is 0 Å². The van der Waals surface area contributed by atoms with Gasteiger partial charge in [-0.25, -0.2) is 18.1 Å². The fourth-order valence-corrected chi connectivity index (χ4v) is 2.70. The van der Waals surface area contributed by atoms with E-state index in [9.17, 15) is 8.42 Å². The Hall–Kier alpha value is -1.93. The molecule has 0 aliphatic rings. The predicted octanol–water partition coefficient (Wildman–Crippen LogP) is 0.184. The molecule has 2 heterocycles. The van der Waals surface area contributed by atoms with Crippen LogP contribution in [0.5, 0.6) is 0 Å². The minimum Gasteiger partial charge on any atom is -0.384 e. The molecule has 102 valence electrons. The van der Waals surface area contributed by atoms with E-state index in [-0.39, 0.29) is 17.3 Å². The smallest absolute Gasteiger partial charge is 0.241 e. The Kier molecular flexibility index (Phi) is 3.54. The lowest BCUT2D eigenvalue weighted by Crippen LogP contribution is -2.23. The molecule has 0 spiro atoms. The summed E-state index contributed by atoms with van der Waals surface area (Å²) in [6, 6.07) is 2.72. The molecule has 0 amide bonds. The van der Waals surface area contributed by atoms with Gasteiger partial charge >= 0.3 is 0 Å². The molecule has 2 aromatic heterocycles. The van der Waals surface area contributed by atoms with E-state index < -0.39 is 10.0 Å². The lowest BCUT2D eigenvalue weighted by molar-refractivity contribution is 0.581. The molecular weight excluding hydrogens is 266 g/mol. The predicted molar refractivity (Wildman–Crippen MR) is 70.6 cm³/mol. The first kappa shape index (κ1) is 13.5. The van der Waals surface area contributed by atoms with Crippen molar-refractivity contribution in [1.82, 2.24) is 19.5 Å². The molecular formula is C11H15N5O2S. The molecule has 3 N–H and O–H groups in total. The maximum atomic E-state index is 12.1. The number of nitrogens with zero attached hydrogens (tertiary/aromatic N) is 3. The number of anilines is 1. The lowest BCUT2D eigenvalue weighted by atomic mass is 10.3. The van der Waals surface area contributed by atoms with Gasteiger partial charge in [0.15, 0.2) is 0 Å². The summed E-state index contributed by atoms with van der Waals surface area (Å²) in [7, 11) is -1.81. The number of rotatable bonds is 4. The molecule has 0 unspecified atom stereocenters. The first-order chi connectivity index (χ1) is 8.88. The Labute approximate surface area is 111 Å². The van der Waals surface area contributed by atoms with Gasteiger partial charge in [0, 0.05) is 37.6 Å². The van der Waals surface area contributed by atoms with E-state index in [1.807, 2.05) is 6.92 Å².